The van der Waals surface area contributed by atoms with E-state index in [-0.39, 0.29) is 5.91 Å². The Morgan fingerprint density at radius 1 is 1.42 bits per heavy atom. The van der Waals surface area contributed by atoms with Crippen LogP contribution in [0.5, 0.6) is 5.75 Å². The van der Waals surface area contributed by atoms with Crippen molar-refractivity contribution in [2.75, 3.05) is 12.8 Å². The second-order valence-electron chi connectivity index (χ2n) is 4.00. The summed E-state index contributed by atoms with van der Waals surface area (Å²) < 4.78 is 5.09. The molecule has 1 aromatic carbocycles. The first-order chi connectivity index (χ1) is 9.20. The molecule has 2 aromatic rings. The van der Waals surface area contributed by atoms with E-state index in [4.69, 9.17) is 10.5 Å². The lowest BCUT2D eigenvalue weighted by atomic mass is 10.2. The lowest BCUT2D eigenvalue weighted by Gasteiger charge is -2.09. The van der Waals surface area contributed by atoms with Crippen molar-refractivity contribution < 1.29 is 9.53 Å². The fraction of sp³-hybridized carbons (Fsp3) is 0.143. The molecule has 1 aromatic heterocycles. The molecular weight excluding hydrogens is 242 g/mol. The molecule has 0 atom stereocenters. The van der Waals surface area contributed by atoms with E-state index in [0.29, 0.717) is 23.5 Å². The summed E-state index contributed by atoms with van der Waals surface area (Å²) in [5.74, 6) is 0.245. The number of carbonyl (C=O) groups excluding carboxylic acids is 1. The maximum atomic E-state index is 12.0. The van der Waals surface area contributed by atoms with Crippen LogP contribution in [0.2, 0.25) is 0 Å². The number of pyridine rings is 1. The van der Waals surface area contributed by atoms with Gasteiger partial charge in [0, 0.05) is 18.4 Å². The van der Waals surface area contributed by atoms with E-state index >= 15 is 0 Å². The van der Waals surface area contributed by atoms with Gasteiger partial charge in [-0.3, -0.25) is 9.78 Å². The number of anilines is 1. The van der Waals surface area contributed by atoms with Crippen LogP contribution in [0.4, 0.5) is 5.69 Å². The minimum atomic E-state index is -0.207. The molecule has 1 heterocycles. The van der Waals surface area contributed by atoms with Crippen molar-refractivity contribution in [3.8, 4) is 5.75 Å². The summed E-state index contributed by atoms with van der Waals surface area (Å²) in [7, 11) is 1.51. The van der Waals surface area contributed by atoms with Crippen LogP contribution in [0, 0.1) is 0 Å². The summed E-state index contributed by atoms with van der Waals surface area (Å²) in [6, 6.07) is 9.00. The third kappa shape index (κ3) is 3.22. The SMILES string of the molecule is COc1cnccc1C(=O)NCc1cccc(N)c1. The molecule has 0 unspecified atom stereocenters. The fourth-order valence-corrected chi connectivity index (χ4v) is 1.71. The van der Waals surface area contributed by atoms with Crippen molar-refractivity contribution >= 4 is 11.6 Å². The molecule has 19 heavy (non-hydrogen) atoms. The lowest BCUT2D eigenvalue weighted by molar-refractivity contribution is 0.0947. The summed E-state index contributed by atoms with van der Waals surface area (Å²) in [6.07, 6.45) is 3.06. The molecule has 0 radical (unpaired) electrons. The molecule has 1 amide bonds. The van der Waals surface area contributed by atoms with E-state index < -0.39 is 0 Å². The van der Waals surface area contributed by atoms with Crippen LogP contribution in [0.25, 0.3) is 0 Å². The number of hydrogen-bond donors (Lipinski definition) is 2. The Hall–Kier alpha value is -2.56. The Morgan fingerprint density at radius 3 is 3.00 bits per heavy atom. The molecule has 5 heteroatoms. The van der Waals surface area contributed by atoms with Crippen LogP contribution < -0.4 is 15.8 Å². The van der Waals surface area contributed by atoms with Gasteiger partial charge in [-0.2, -0.15) is 0 Å². The topological polar surface area (TPSA) is 77.2 Å². The molecule has 2 rings (SSSR count). The predicted molar refractivity (Wildman–Crippen MR) is 72.8 cm³/mol. The molecule has 0 aliphatic carbocycles. The number of nitrogens with one attached hydrogen (secondary N) is 1. The molecule has 0 spiro atoms. The number of rotatable bonds is 4. The van der Waals surface area contributed by atoms with Gasteiger partial charge in [-0.1, -0.05) is 12.1 Å². The van der Waals surface area contributed by atoms with E-state index in [1.54, 1.807) is 18.3 Å². The number of nitrogens with zero attached hydrogens (tertiary/aromatic N) is 1. The number of carbonyl (C=O) groups is 1. The van der Waals surface area contributed by atoms with Crippen LogP contribution in [-0.2, 0) is 6.54 Å². The highest BCUT2D eigenvalue weighted by molar-refractivity contribution is 5.96. The van der Waals surface area contributed by atoms with Gasteiger partial charge < -0.3 is 15.8 Å². The molecule has 0 bridgehead atoms. The number of nitrogens with two attached hydrogens (primary N) is 1. The molecule has 0 aliphatic rings. The van der Waals surface area contributed by atoms with Gasteiger partial charge in [0.25, 0.3) is 5.91 Å². The lowest BCUT2D eigenvalue weighted by Crippen LogP contribution is -2.23. The first kappa shape index (κ1) is 12.9. The van der Waals surface area contributed by atoms with Crippen molar-refractivity contribution in [2.45, 2.75) is 6.54 Å². The maximum Gasteiger partial charge on any atom is 0.255 e. The van der Waals surface area contributed by atoms with E-state index in [2.05, 4.69) is 10.3 Å². The number of amides is 1. The molecule has 0 saturated carbocycles. The van der Waals surface area contributed by atoms with Gasteiger partial charge >= 0.3 is 0 Å². The third-order valence-corrected chi connectivity index (χ3v) is 2.65. The normalized spacial score (nSPS) is 9.95. The van der Waals surface area contributed by atoms with Gasteiger partial charge in [0.1, 0.15) is 5.75 Å². The average molecular weight is 257 g/mol. The van der Waals surface area contributed by atoms with Crippen molar-refractivity contribution in [3.05, 3.63) is 53.9 Å². The van der Waals surface area contributed by atoms with Gasteiger partial charge in [0.05, 0.1) is 18.9 Å². The number of hydrogen-bond acceptors (Lipinski definition) is 4. The van der Waals surface area contributed by atoms with Crippen molar-refractivity contribution in [1.29, 1.82) is 0 Å². The zero-order valence-corrected chi connectivity index (χ0v) is 10.6. The first-order valence-electron chi connectivity index (χ1n) is 5.81. The summed E-state index contributed by atoms with van der Waals surface area (Å²) in [5, 5.41) is 2.81. The molecular formula is C14H15N3O2. The molecule has 0 fully saturated rings. The largest absolute Gasteiger partial charge is 0.494 e. The standard InChI is InChI=1S/C14H15N3O2/c1-19-13-9-16-6-5-12(13)14(18)17-8-10-3-2-4-11(15)7-10/h2-7,9H,8,15H2,1H3,(H,17,18). The highest BCUT2D eigenvalue weighted by Gasteiger charge is 2.11. The maximum absolute atomic E-state index is 12.0. The van der Waals surface area contributed by atoms with Crippen molar-refractivity contribution in [3.63, 3.8) is 0 Å². The van der Waals surface area contributed by atoms with E-state index in [9.17, 15) is 4.79 Å². The zero-order chi connectivity index (χ0) is 13.7. The van der Waals surface area contributed by atoms with Crippen LogP contribution in [0.1, 0.15) is 15.9 Å². The summed E-state index contributed by atoms with van der Waals surface area (Å²) in [4.78, 5) is 15.9. The van der Waals surface area contributed by atoms with Crippen molar-refractivity contribution in [1.82, 2.24) is 10.3 Å². The fourth-order valence-electron chi connectivity index (χ4n) is 1.71. The minimum Gasteiger partial charge on any atom is -0.494 e. The van der Waals surface area contributed by atoms with Gasteiger partial charge in [0.2, 0.25) is 0 Å². The summed E-state index contributed by atoms with van der Waals surface area (Å²) in [6.45, 7) is 0.412. The molecule has 0 saturated heterocycles. The van der Waals surface area contributed by atoms with Crippen molar-refractivity contribution in [2.24, 2.45) is 0 Å². The number of ether oxygens (including phenoxy) is 1. The number of methoxy groups -OCH3 is 1. The second kappa shape index (κ2) is 5.86. The third-order valence-electron chi connectivity index (χ3n) is 2.65. The van der Waals surface area contributed by atoms with Gasteiger partial charge in [-0.15, -0.1) is 0 Å². The number of aromatic nitrogens is 1. The van der Waals surface area contributed by atoms with E-state index in [0.717, 1.165) is 5.56 Å². The predicted octanol–water partition coefficient (Wildman–Crippen LogP) is 1.60. The second-order valence-corrected chi connectivity index (χ2v) is 4.00. The Labute approximate surface area is 111 Å². The monoisotopic (exact) mass is 257 g/mol. The van der Waals surface area contributed by atoms with Crippen LogP contribution in [-0.4, -0.2) is 18.0 Å². The van der Waals surface area contributed by atoms with Crippen LogP contribution in [0.15, 0.2) is 42.7 Å². The first-order valence-corrected chi connectivity index (χ1v) is 5.81. The molecule has 5 nitrogen and oxygen atoms in total. The van der Waals surface area contributed by atoms with Gasteiger partial charge in [0.15, 0.2) is 0 Å². The van der Waals surface area contributed by atoms with Gasteiger partial charge in [-0.05, 0) is 23.8 Å². The van der Waals surface area contributed by atoms with Gasteiger partial charge in [-0.25, -0.2) is 0 Å². The number of benzene rings is 1. The summed E-state index contributed by atoms with van der Waals surface area (Å²) in [5.41, 5.74) is 7.76. The highest BCUT2D eigenvalue weighted by Crippen LogP contribution is 2.15. The Bertz CT molecular complexity index is 584. The van der Waals surface area contributed by atoms with Crippen LogP contribution in [0.3, 0.4) is 0 Å². The summed E-state index contributed by atoms with van der Waals surface area (Å²) >= 11 is 0. The Morgan fingerprint density at radius 2 is 2.26 bits per heavy atom. The van der Waals surface area contributed by atoms with E-state index in [1.807, 2.05) is 18.2 Å². The quantitative estimate of drug-likeness (QED) is 0.816. The minimum absolute atomic E-state index is 0.207. The molecule has 98 valence electrons. The zero-order valence-electron chi connectivity index (χ0n) is 10.6. The smallest absolute Gasteiger partial charge is 0.255 e. The van der Waals surface area contributed by atoms with E-state index in [1.165, 1.54) is 13.3 Å². The number of nitrogen functional groups attached to an aromatic ring is 1. The Balaban J connectivity index is 2.05. The molecule has 0 aliphatic heterocycles. The highest BCUT2D eigenvalue weighted by atomic mass is 16.5. The average Bonchev–Trinajstić information content (AvgIpc) is 2.45. The van der Waals surface area contributed by atoms with Crippen LogP contribution >= 0.6 is 0 Å². The molecule has 3 N–H and O–H groups in total. The Kier molecular flexibility index (Phi) is 3.97.